The van der Waals surface area contributed by atoms with Crippen molar-refractivity contribution in [3.63, 3.8) is 0 Å². The van der Waals surface area contributed by atoms with Gasteiger partial charge < -0.3 is 5.73 Å². The molecule has 0 atom stereocenters. The molecule has 0 unspecified atom stereocenters. The molecule has 1 rings (SSSR count). The number of rotatable bonds is 1. The minimum Gasteiger partial charge on any atom is -0.326 e. The van der Waals surface area contributed by atoms with Crippen molar-refractivity contribution in [1.29, 1.82) is 0 Å². The van der Waals surface area contributed by atoms with Gasteiger partial charge in [0.25, 0.3) is 0 Å². The Labute approximate surface area is 83.9 Å². The van der Waals surface area contributed by atoms with Crippen LogP contribution in [0.2, 0.25) is 0 Å². The Morgan fingerprint density at radius 1 is 1.64 bits per heavy atom. The molecular weight excluding hydrogens is 281 g/mol. The van der Waals surface area contributed by atoms with Gasteiger partial charge in [-0.05, 0) is 28.7 Å². The van der Waals surface area contributed by atoms with Crippen LogP contribution < -0.4 is 5.73 Å². The molecule has 0 amide bonds. The summed E-state index contributed by atoms with van der Waals surface area (Å²) in [6.07, 6.45) is 1.43. The maximum absolute atomic E-state index is 12.7. The van der Waals surface area contributed by atoms with Crippen molar-refractivity contribution < 1.29 is 4.39 Å². The number of nitrogens with two attached hydrogens (primary N) is 1. The van der Waals surface area contributed by atoms with E-state index in [2.05, 4.69) is 4.98 Å². The highest BCUT2D eigenvalue weighted by atomic mass is 127. The minimum atomic E-state index is -0.464. The van der Waals surface area contributed by atoms with Gasteiger partial charge in [0.15, 0.2) is 0 Å². The molecule has 62 valence electrons. The molecule has 1 heterocycles. The van der Waals surface area contributed by atoms with Gasteiger partial charge in [0.2, 0.25) is 5.95 Å². The second kappa shape index (κ2) is 4.84. The maximum atomic E-state index is 12.7. The first kappa shape index (κ1) is 11.1. The topological polar surface area (TPSA) is 38.9 Å². The van der Waals surface area contributed by atoms with Gasteiger partial charge in [-0.1, -0.05) is 0 Å². The molecule has 0 fully saturated rings. The Balaban J connectivity index is 0.000001000. The van der Waals surface area contributed by atoms with E-state index >= 15 is 0 Å². The smallest absolute Gasteiger partial charge is 0.218 e. The molecular formula is C6H7ClFIN2. The molecule has 0 spiro atoms. The van der Waals surface area contributed by atoms with Gasteiger partial charge in [-0.15, -0.1) is 12.4 Å². The van der Waals surface area contributed by atoms with Crippen molar-refractivity contribution >= 4 is 35.0 Å². The third-order valence-electron chi connectivity index (χ3n) is 1.15. The molecule has 11 heavy (non-hydrogen) atoms. The fraction of sp³-hybridized carbons (Fsp3) is 0.167. The molecule has 1 aromatic rings. The standard InChI is InChI=1S/C6H6FIN2.ClH/c7-6-4(3-9)5(8)1-2-10-6;/h1-2H,3,9H2;1H. The lowest BCUT2D eigenvalue weighted by Crippen LogP contribution is -2.03. The molecule has 0 saturated carbocycles. The van der Waals surface area contributed by atoms with E-state index in [1.165, 1.54) is 6.20 Å². The van der Waals surface area contributed by atoms with Gasteiger partial charge in [-0.3, -0.25) is 0 Å². The zero-order valence-corrected chi connectivity index (χ0v) is 8.52. The van der Waals surface area contributed by atoms with E-state index in [0.29, 0.717) is 5.56 Å². The van der Waals surface area contributed by atoms with E-state index < -0.39 is 5.95 Å². The van der Waals surface area contributed by atoms with E-state index in [-0.39, 0.29) is 19.0 Å². The number of hydrogen-bond donors (Lipinski definition) is 1. The molecule has 1 aromatic heterocycles. The molecule has 2 N–H and O–H groups in total. The summed E-state index contributed by atoms with van der Waals surface area (Å²) in [5, 5.41) is 0. The molecule has 5 heteroatoms. The third-order valence-corrected chi connectivity index (χ3v) is 2.16. The highest BCUT2D eigenvalue weighted by Crippen LogP contribution is 2.12. The van der Waals surface area contributed by atoms with E-state index in [4.69, 9.17) is 5.73 Å². The molecule has 0 aliphatic carbocycles. The predicted octanol–water partition coefficient (Wildman–Crippen LogP) is 1.71. The van der Waals surface area contributed by atoms with Gasteiger partial charge >= 0.3 is 0 Å². The van der Waals surface area contributed by atoms with Crippen LogP contribution in [-0.4, -0.2) is 4.98 Å². The van der Waals surface area contributed by atoms with Crippen LogP contribution in [0.15, 0.2) is 12.3 Å². The molecule has 0 aliphatic heterocycles. The van der Waals surface area contributed by atoms with E-state index in [1.807, 2.05) is 22.6 Å². The lowest BCUT2D eigenvalue weighted by atomic mass is 10.3. The van der Waals surface area contributed by atoms with Crippen molar-refractivity contribution in [2.45, 2.75) is 6.54 Å². The highest BCUT2D eigenvalue weighted by Gasteiger charge is 2.03. The largest absolute Gasteiger partial charge is 0.326 e. The van der Waals surface area contributed by atoms with Crippen molar-refractivity contribution in [2.75, 3.05) is 0 Å². The Morgan fingerprint density at radius 2 is 2.27 bits per heavy atom. The molecule has 0 radical (unpaired) electrons. The van der Waals surface area contributed by atoms with Crippen LogP contribution in [0.5, 0.6) is 0 Å². The number of halogens is 3. The number of hydrogen-bond acceptors (Lipinski definition) is 2. The fourth-order valence-electron chi connectivity index (χ4n) is 0.627. The lowest BCUT2D eigenvalue weighted by Gasteiger charge is -1.99. The summed E-state index contributed by atoms with van der Waals surface area (Å²) in [6.45, 7) is 0.206. The average Bonchev–Trinajstić information content (AvgIpc) is 1.88. The number of aromatic nitrogens is 1. The molecule has 0 bridgehead atoms. The van der Waals surface area contributed by atoms with Gasteiger partial charge in [0.05, 0.1) is 0 Å². The zero-order chi connectivity index (χ0) is 7.56. The first-order chi connectivity index (χ1) is 4.75. The first-order valence-electron chi connectivity index (χ1n) is 2.74. The fourth-order valence-corrected chi connectivity index (χ4v) is 1.23. The summed E-state index contributed by atoms with van der Waals surface area (Å²) < 4.78 is 13.5. The van der Waals surface area contributed by atoms with Crippen LogP contribution in [0, 0.1) is 9.52 Å². The number of nitrogens with zero attached hydrogens (tertiary/aromatic N) is 1. The van der Waals surface area contributed by atoms with E-state index in [1.54, 1.807) is 6.07 Å². The molecule has 0 saturated heterocycles. The highest BCUT2D eigenvalue weighted by molar-refractivity contribution is 14.1. The first-order valence-corrected chi connectivity index (χ1v) is 3.82. The summed E-state index contributed by atoms with van der Waals surface area (Å²) in [7, 11) is 0. The SMILES string of the molecule is Cl.NCc1c(I)ccnc1F. The number of pyridine rings is 1. The van der Waals surface area contributed by atoms with Crippen LogP contribution in [0.4, 0.5) is 4.39 Å². The zero-order valence-electron chi connectivity index (χ0n) is 5.55. The van der Waals surface area contributed by atoms with Crippen molar-refractivity contribution in [3.05, 3.63) is 27.3 Å². The van der Waals surface area contributed by atoms with E-state index in [9.17, 15) is 4.39 Å². The van der Waals surface area contributed by atoms with Gasteiger partial charge in [-0.2, -0.15) is 4.39 Å². The van der Waals surface area contributed by atoms with Gasteiger partial charge in [0.1, 0.15) is 0 Å². The normalized spacial score (nSPS) is 9.00. The summed E-state index contributed by atoms with van der Waals surface area (Å²) in [6, 6.07) is 1.73. The van der Waals surface area contributed by atoms with Crippen molar-refractivity contribution in [1.82, 2.24) is 4.98 Å². The summed E-state index contributed by atoms with van der Waals surface area (Å²) >= 11 is 2.03. The second-order valence-corrected chi connectivity index (χ2v) is 2.93. The minimum absolute atomic E-state index is 0. The van der Waals surface area contributed by atoms with Gasteiger partial charge in [-0.25, -0.2) is 4.98 Å². The Bertz CT molecular complexity index is 224. The Morgan fingerprint density at radius 3 is 2.64 bits per heavy atom. The summed E-state index contributed by atoms with van der Waals surface area (Å²) in [5.74, 6) is -0.464. The van der Waals surface area contributed by atoms with Crippen molar-refractivity contribution in [2.24, 2.45) is 5.73 Å². The molecule has 2 nitrogen and oxygen atoms in total. The second-order valence-electron chi connectivity index (χ2n) is 1.77. The monoisotopic (exact) mass is 288 g/mol. The van der Waals surface area contributed by atoms with Crippen LogP contribution >= 0.6 is 35.0 Å². The quantitative estimate of drug-likeness (QED) is 0.631. The van der Waals surface area contributed by atoms with E-state index in [0.717, 1.165) is 3.57 Å². The Kier molecular flexibility index (Phi) is 4.87. The average molecular weight is 288 g/mol. The lowest BCUT2D eigenvalue weighted by molar-refractivity contribution is 0.565. The van der Waals surface area contributed by atoms with Gasteiger partial charge in [0, 0.05) is 21.9 Å². The van der Waals surface area contributed by atoms with Crippen LogP contribution in [0.1, 0.15) is 5.56 Å². The molecule has 0 aliphatic rings. The summed E-state index contributed by atoms with van der Waals surface area (Å²) in [4.78, 5) is 3.46. The van der Waals surface area contributed by atoms with Crippen molar-refractivity contribution in [3.8, 4) is 0 Å². The van der Waals surface area contributed by atoms with Crippen LogP contribution in [0.3, 0.4) is 0 Å². The van der Waals surface area contributed by atoms with Crippen LogP contribution in [-0.2, 0) is 6.54 Å². The third kappa shape index (κ3) is 2.53. The van der Waals surface area contributed by atoms with Crippen LogP contribution in [0.25, 0.3) is 0 Å². The predicted molar refractivity (Wildman–Crippen MR) is 52.1 cm³/mol. The molecule has 0 aromatic carbocycles. The Hall–Kier alpha value is 0.0600. The maximum Gasteiger partial charge on any atom is 0.218 e. The summed E-state index contributed by atoms with van der Waals surface area (Å²) in [5.41, 5.74) is 5.76.